The molecular formula is C18H25IrN4O2-. The molecule has 2 aromatic heterocycles. The van der Waals surface area contributed by atoms with Crippen molar-refractivity contribution in [1.82, 2.24) is 19.7 Å². The minimum atomic E-state index is -0.417. The Morgan fingerprint density at radius 1 is 1.16 bits per heavy atom. The van der Waals surface area contributed by atoms with E-state index in [-0.39, 0.29) is 37.1 Å². The van der Waals surface area contributed by atoms with E-state index in [0.29, 0.717) is 0 Å². The second kappa shape index (κ2) is 9.59. The zero-order valence-corrected chi connectivity index (χ0v) is 17.8. The first-order valence-corrected chi connectivity index (χ1v) is 7.66. The number of hydrogen-bond acceptors (Lipinski definition) is 5. The minimum absolute atomic E-state index is 0. The Hall–Kier alpha value is -1.85. The molecule has 1 N–H and O–H groups in total. The van der Waals surface area contributed by atoms with Crippen molar-refractivity contribution in [3.05, 3.63) is 48.9 Å². The fourth-order valence-corrected chi connectivity index (χ4v) is 1.34. The van der Waals surface area contributed by atoms with Crippen LogP contribution in [0.15, 0.2) is 42.6 Å². The number of carbonyl (C=O) groups excluding carboxylic acids is 1. The number of allylic oxidation sites excluding steroid dienone is 2. The summed E-state index contributed by atoms with van der Waals surface area (Å²) in [5.74, 6) is 0.879. The zero-order valence-electron chi connectivity index (χ0n) is 15.4. The van der Waals surface area contributed by atoms with Crippen LogP contribution in [0.3, 0.4) is 0 Å². The Morgan fingerprint density at radius 3 is 2.20 bits per heavy atom. The Bertz CT molecular complexity index is 669. The Kier molecular flexibility index (Phi) is 8.88. The van der Waals surface area contributed by atoms with E-state index in [4.69, 9.17) is 0 Å². The molecule has 0 aliphatic carbocycles. The summed E-state index contributed by atoms with van der Waals surface area (Å²) in [4.78, 5) is 15.6. The Labute approximate surface area is 162 Å². The van der Waals surface area contributed by atoms with Gasteiger partial charge in [-0.3, -0.25) is 4.79 Å². The number of aromatic nitrogens is 4. The standard InChI is InChI=1S/C11H20O2.C7H5N4.Ir/c1-10(2,3)8(12)7-9(13)11(4,5)6;1-2-4-8-7(3-1)11-5-9-10-6-11;/h7,12H,1-6H3;1-5H;/q;-1;/b8-7-;;. The Balaban J connectivity index is 0.000000446. The molecule has 1 radical (unpaired) electrons. The van der Waals surface area contributed by atoms with E-state index >= 15 is 0 Å². The van der Waals surface area contributed by atoms with Gasteiger partial charge in [0.2, 0.25) is 0 Å². The third kappa shape index (κ3) is 8.18. The number of ketones is 1. The van der Waals surface area contributed by atoms with Crippen molar-refractivity contribution >= 4 is 5.78 Å². The van der Waals surface area contributed by atoms with E-state index in [1.807, 2.05) is 59.7 Å². The molecule has 0 bridgehead atoms. The van der Waals surface area contributed by atoms with Crippen molar-refractivity contribution in [3.8, 4) is 5.82 Å². The summed E-state index contributed by atoms with van der Waals surface area (Å²) in [7, 11) is 0. The average molecular weight is 522 g/mol. The van der Waals surface area contributed by atoms with Gasteiger partial charge in [-0.05, 0) is 6.07 Å². The van der Waals surface area contributed by atoms with E-state index in [1.54, 1.807) is 17.1 Å². The van der Waals surface area contributed by atoms with Crippen LogP contribution in [0.4, 0.5) is 0 Å². The van der Waals surface area contributed by atoms with Crippen LogP contribution < -0.4 is 0 Å². The van der Waals surface area contributed by atoms with Gasteiger partial charge in [-0.25, -0.2) is 10.2 Å². The molecule has 0 saturated heterocycles. The maximum absolute atomic E-state index is 11.5. The SMILES string of the molecule is CC(C)(C)C(=O)/C=C(\O)C(C)(C)C.[Ir].[c-]1nncn1-c1ccccn1. The first-order valence-electron chi connectivity index (χ1n) is 7.66. The summed E-state index contributed by atoms with van der Waals surface area (Å²) in [6.45, 7) is 11.1. The number of carbonyl (C=O) groups is 1. The average Bonchev–Trinajstić information content (AvgIpc) is 3.01. The van der Waals surface area contributed by atoms with Crippen LogP contribution in [-0.2, 0) is 24.9 Å². The summed E-state index contributed by atoms with van der Waals surface area (Å²) in [6.07, 6.45) is 7.25. The largest absolute Gasteiger partial charge is 0.512 e. The molecule has 139 valence electrons. The van der Waals surface area contributed by atoms with Crippen LogP contribution in [0.5, 0.6) is 0 Å². The van der Waals surface area contributed by atoms with Crippen molar-refractivity contribution in [1.29, 1.82) is 0 Å². The molecular weight excluding hydrogens is 496 g/mol. The van der Waals surface area contributed by atoms with Crippen molar-refractivity contribution in [2.45, 2.75) is 41.5 Å². The molecule has 7 heteroatoms. The maximum Gasteiger partial charge on any atom is 0.164 e. The summed E-state index contributed by atoms with van der Waals surface area (Å²) in [6, 6.07) is 5.61. The summed E-state index contributed by atoms with van der Waals surface area (Å²) < 4.78 is 1.62. The second-order valence-corrected chi connectivity index (χ2v) is 7.38. The molecule has 0 saturated carbocycles. The van der Waals surface area contributed by atoms with E-state index in [0.717, 1.165) is 5.82 Å². The van der Waals surface area contributed by atoms with Gasteiger partial charge in [0.1, 0.15) is 5.76 Å². The third-order valence-electron chi connectivity index (χ3n) is 3.05. The predicted molar refractivity (Wildman–Crippen MR) is 92.6 cm³/mol. The Morgan fingerprint density at radius 2 is 1.80 bits per heavy atom. The van der Waals surface area contributed by atoms with Crippen molar-refractivity contribution < 1.29 is 30.0 Å². The molecule has 0 fully saturated rings. The number of aliphatic hydroxyl groups excluding tert-OH is 1. The fourth-order valence-electron chi connectivity index (χ4n) is 1.34. The van der Waals surface area contributed by atoms with Gasteiger partial charge in [0.25, 0.3) is 0 Å². The number of aliphatic hydroxyl groups is 1. The topological polar surface area (TPSA) is 80.9 Å². The van der Waals surface area contributed by atoms with E-state index < -0.39 is 5.41 Å². The van der Waals surface area contributed by atoms with Crippen molar-refractivity contribution in [2.75, 3.05) is 0 Å². The normalized spacial score (nSPS) is 11.8. The molecule has 2 rings (SSSR count). The molecule has 0 unspecified atom stereocenters. The first-order chi connectivity index (χ1) is 11.0. The van der Waals surface area contributed by atoms with Crippen LogP contribution in [0, 0.1) is 17.2 Å². The van der Waals surface area contributed by atoms with Gasteiger partial charge in [-0.1, -0.05) is 53.7 Å². The van der Waals surface area contributed by atoms with Crippen LogP contribution in [-0.4, -0.2) is 30.6 Å². The van der Waals surface area contributed by atoms with Crippen molar-refractivity contribution in [2.24, 2.45) is 10.8 Å². The van der Waals surface area contributed by atoms with Gasteiger partial charge in [0.15, 0.2) is 5.78 Å². The number of hydrogen-bond donors (Lipinski definition) is 1. The monoisotopic (exact) mass is 522 g/mol. The number of pyridine rings is 1. The number of rotatable bonds is 2. The zero-order chi connectivity index (χ0) is 18.4. The van der Waals surface area contributed by atoms with Gasteiger partial charge in [0.05, 0.1) is 0 Å². The van der Waals surface area contributed by atoms with Crippen LogP contribution >= 0.6 is 0 Å². The molecule has 0 aliphatic heterocycles. The molecule has 2 heterocycles. The van der Waals surface area contributed by atoms with E-state index in [2.05, 4.69) is 21.5 Å². The van der Waals surface area contributed by atoms with Crippen LogP contribution in [0.25, 0.3) is 5.82 Å². The summed E-state index contributed by atoms with van der Waals surface area (Å²) >= 11 is 0. The minimum Gasteiger partial charge on any atom is -0.512 e. The molecule has 0 atom stereocenters. The maximum atomic E-state index is 11.5. The molecule has 6 nitrogen and oxygen atoms in total. The van der Waals surface area contributed by atoms with Gasteiger partial charge in [-0.2, -0.15) is 0 Å². The summed E-state index contributed by atoms with van der Waals surface area (Å²) in [5, 5.41) is 16.7. The van der Waals surface area contributed by atoms with Gasteiger partial charge < -0.3 is 14.7 Å². The molecule has 0 spiro atoms. The predicted octanol–water partition coefficient (Wildman–Crippen LogP) is 3.55. The third-order valence-corrected chi connectivity index (χ3v) is 3.05. The first kappa shape index (κ1) is 23.1. The quantitative estimate of drug-likeness (QED) is 0.372. The molecule has 0 aromatic carbocycles. The van der Waals surface area contributed by atoms with Crippen molar-refractivity contribution in [3.63, 3.8) is 0 Å². The summed E-state index contributed by atoms with van der Waals surface area (Å²) in [5.41, 5.74) is -0.764. The number of nitrogens with zero attached hydrogens (tertiary/aromatic N) is 4. The van der Waals surface area contributed by atoms with Gasteiger partial charge in [0, 0.05) is 61.7 Å². The molecule has 2 aromatic rings. The molecule has 25 heavy (non-hydrogen) atoms. The second-order valence-electron chi connectivity index (χ2n) is 7.38. The van der Waals surface area contributed by atoms with Gasteiger partial charge >= 0.3 is 0 Å². The van der Waals surface area contributed by atoms with E-state index in [1.165, 1.54) is 6.08 Å². The van der Waals surface area contributed by atoms with Crippen LogP contribution in [0.1, 0.15) is 41.5 Å². The van der Waals surface area contributed by atoms with E-state index in [9.17, 15) is 9.90 Å². The fraction of sp³-hybridized carbons (Fsp3) is 0.444. The van der Waals surface area contributed by atoms with Gasteiger partial charge in [-0.15, -0.1) is 0 Å². The van der Waals surface area contributed by atoms with Crippen LogP contribution in [0.2, 0.25) is 0 Å². The smallest absolute Gasteiger partial charge is 0.164 e. The molecule has 0 aliphatic rings. The molecule has 0 amide bonds.